The van der Waals surface area contributed by atoms with Crippen molar-refractivity contribution < 1.29 is 0 Å². The van der Waals surface area contributed by atoms with Gasteiger partial charge in [-0.05, 0) is 31.5 Å². The lowest BCUT2D eigenvalue weighted by Gasteiger charge is -2.23. The lowest BCUT2D eigenvalue weighted by molar-refractivity contribution is 0.454. The van der Waals surface area contributed by atoms with E-state index in [0.717, 1.165) is 35.1 Å². The van der Waals surface area contributed by atoms with E-state index < -0.39 is 0 Å². The molecule has 0 saturated carbocycles. The van der Waals surface area contributed by atoms with Crippen LogP contribution in [0.1, 0.15) is 24.5 Å². The summed E-state index contributed by atoms with van der Waals surface area (Å²) in [4.78, 5) is 9.08. The molecule has 4 heteroatoms. The summed E-state index contributed by atoms with van der Waals surface area (Å²) in [5, 5.41) is 4.16. The molecule has 0 bridgehead atoms. The zero-order chi connectivity index (χ0) is 13.1. The lowest BCUT2D eigenvalue weighted by atomic mass is 9.92. The smallest absolute Gasteiger partial charge is 0.0921 e. The monoisotopic (exact) mass is 273 g/mol. The Morgan fingerprint density at radius 1 is 1.21 bits per heavy atom. The molecule has 0 unspecified atom stereocenters. The number of halogens is 1. The van der Waals surface area contributed by atoms with Crippen LogP contribution in [0.5, 0.6) is 0 Å². The highest BCUT2D eigenvalue weighted by Crippen LogP contribution is 2.30. The van der Waals surface area contributed by atoms with Crippen molar-refractivity contribution in [2.75, 3.05) is 13.1 Å². The van der Waals surface area contributed by atoms with Gasteiger partial charge in [-0.3, -0.25) is 9.97 Å². The second-order valence-corrected chi connectivity index (χ2v) is 5.28. The molecule has 1 fully saturated rings. The average Bonchev–Trinajstić information content (AvgIpc) is 2.48. The van der Waals surface area contributed by atoms with Gasteiger partial charge in [0.15, 0.2) is 0 Å². The van der Waals surface area contributed by atoms with E-state index in [-0.39, 0.29) is 0 Å². The maximum absolute atomic E-state index is 6.07. The van der Waals surface area contributed by atoms with Gasteiger partial charge in [0.25, 0.3) is 0 Å². The lowest BCUT2D eigenvalue weighted by Crippen LogP contribution is -2.29. The highest BCUT2D eigenvalue weighted by molar-refractivity contribution is 6.30. The normalized spacial score (nSPS) is 19.3. The standard InChI is InChI=1S/C15H16ClN3/c16-13-5-1-3-11(9-13)14-15(19-8-7-18-14)12-4-2-6-17-10-12/h1,3,5,7-9,12,17H,2,4,6,10H2/t12-/m1/s1. The maximum Gasteiger partial charge on any atom is 0.0921 e. The van der Waals surface area contributed by atoms with Crippen molar-refractivity contribution in [2.45, 2.75) is 18.8 Å². The summed E-state index contributed by atoms with van der Waals surface area (Å²) < 4.78 is 0. The van der Waals surface area contributed by atoms with E-state index in [1.165, 1.54) is 12.8 Å². The Kier molecular flexibility index (Phi) is 3.76. The van der Waals surface area contributed by atoms with E-state index in [1.54, 1.807) is 12.4 Å². The third kappa shape index (κ3) is 2.77. The summed E-state index contributed by atoms with van der Waals surface area (Å²) in [6, 6.07) is 7.82. The summed E-state index contributed by atoms with van der Waals surface area (Å²) in [5.41, 5.74) is 3.08. The molecule has 0 radical (unpaired) electrons. The highest BCUT2D eigenvalue weighted by Gasteiger charge is 2.20. The van der Waals surface area contributed by atoms with E-state index in [2.05, 4.69) is 15.3 Å². The van der Waals surface area contributed by atoms with Gasteiger partial charge in [0, 0.05) is 35.4 Å². The number of nitrogens with one attached hydrogen (secondary N) is 1. The minimum atomic E-state index is 0.441. The Hall–Kier alpha value is -1.45. The second-order valence-electron chi connectivity index (χ2n) is 4.84. The maximum atomic E-state index is 6.07. The summed E-state index contributed by atoms with van der Waals surface area (Å²) in [6.07, 6.45) is 5.88. The van der Waals surface area contributed by atoms with Crippen LogP contribution in [-0.4, -0.2) is 23.1 Å². The molecule has 1 N–H and O–H groups in total. The van der Waals surface area contributed by atoms with Gasteiger partial charge in [-0.15, -0.1) is 0 Å². The Morgan fingerprint density at radius 3 is 2.89 bits per heavy atom. The van der Waals surface area contributed by atoms with Crippen molar-refractivity contribution in [3.05, 3.63) is 47.4 Å². The van der Waals surface area contributed by atoms with Gasteiger partial charge in [0.2, 0.25) is 0 Å². The van der Waals surface area contributed by atoms with Crippen LogP contribution < -0.4 is 5.32 Å². The molecule has 1 aliphatic heterocycles. The molecule has 0 aliphatic carbocycles. The van der Waals surface area contributed by atoms with E-state index in [4.69, 9.17) is 11.6 Å². The topological polar surface area (TPSA) is 37.8 Å². The minimum absolute atomic E-state index is 0.441. The SMILES string of the molecule is Clc1cccc(-c2nccnc2[C@@H]2CCCNC2)c1. The molecule has 19 heavy (non-hydrogen) atoms. The Bertz CT molecular complexity index is 565. The van der Waals surface area contributed by atoms with Gasteiger partial charge in [0.05, 0.1) is 11.4 Å². The molecule has 0 amide bonds. The molecule has 3 nitrogen and oxygen atoms in total. The first-order chi connectivity index (χ1) is 9.34. The van der Waals surface area contributed by atoms with E-state index >= 15 is 0 Å². The summed E-state index contributed by atoms with van der Waals surface area (Å²) in [6.45, 7) is 2.08. The molecule has 1 saturated heterocycles. The number of piperidine rings is 1. The van der Waals surface area contributed by atoms with Crippen LogP contribution in [-0.2, 0) is 0 Å². The van der Waals surface area contributed by atoms with Crippen molar-refractivity contribution in [3.63, 3.8) is 0 Å². The van der Waals surface area contributed by atoms with Crippen LogP contribution in [0.3, 0.4) is 0 Å². The van der Waals surface area contributed by atoms with Gasteiger partial charge in [-0.25, -0.2) is 0 Å². The first-order valence-corrected chi connectivity index (χ1v) is 7.00. The number of aromatic nitrogens is 2. The van der Waals surface area contributed by atoms with Crippen LogP contribution in [0.25, 0.3) is 11.3 Å². The van der Waals surface area contributed by atoms with E-state index in [9.17, 15) is 0 Å². The first-order valence-electron chi connectivity index (χ1n) is 6.62. The molecule has 98 valence electrons. The molecule has 2 aromatic rings. The quantitative estimate of drug-likeness (QED) is 0.913. The molecular formula is C15H16ClN3. The van der Waals surface area contributed by atoms with Crippen molar-refractivity contribution in [1.29, 1.82) is 0 Å². The first kappa shape index (κ1) is 12.6. The van der Waals surface area contributed by atoms with Crippen molar-refractivity contribution in [3.8, 4) is 11.3 Å². The number of hydrogen-bond acceptors (Lipinski definition) is 3. The van der Waals surface area contributed by atoms with E-state index in [1.807, 2.05) is 24.3 Å². The molecule has 0 spiro atoms. The zero-order valence-electron chi connectivity index (χ0n) is 10.6. The fourth-order valence-electron chi connectivity index (χ4n) is 2.59. The summed E-state index contributed by atoms with van der Waals surface area (Å²) in [7, 11) is 0. The van der Waals surface area contributed by atoms with Gasteiger partial charge >= 0.3 is 0 Å². The number of benzene rings is 1. The molecule has 1 aliphatic rings. The Morgan fingerprint density at radius 2 is 2.11 bits per heavy atom. The predicted octanol–water partition coefficient (Wildman–Crippen LogP) is 3.26. The van der Waals surface area contributed by atoms with Crippen LogP contribution in [0, 0.1) is 0 Å². The predicted molar refractivity (Wildman–Crippen MR) is 77.3 cm³/mol. The second kappa shape index (κ2) is 5.68. The third-order valence-electron chi connectivity index (χ3n) is 3.51. The van der Waals surface area contributed by atoms with Gasteiger partial charge in [-0.2, -0.15) is 0 Å². The van der Waals surface area contributed by atoms with Crippen LogP contribution in [0.2, 0.25) is 5.02 Å². The average molecular weight is 274 g/mol. The number of hydrogen-bond donors (Lipinski definition) is 1. The minimum Gasteiger partial charge on any atom is -0.316 e. The van der Waals surface area contributed by atoms with E-state index in [0.29, 0.717) is 5.92 Å². The molecule has 1 aromatic heterocycles. The third-order valence-corrected chi connectivity index (χ3v) is 3.74. The summed E-state index contributed by atoms with van der Waals surface area (Å²) >= 11 is 6.07. The highest BCUT2D eigenvalue weighted by atomic mass is 35.5. The van der Waals surface area contributed by atoms with Crippen molar-refractivity contribution >= 4 is 11.6 Å². The van der Waals surface area contributed by atoms with Crippen molar-refractivity contribution in [1.82, 2.24) is 15.3 Å². The molecule has 1 aromatic carbocycles. The fourth-order valence-corrected chi connectivity index (χ4v) is 2.78. The van der Waals surface area contributed by atoms with Crippen LogP contribution >= 0.6 is 11.6 Å². The van der Waals surface area contributed by atoms with Gasteiger partial charge in [-0.1, -0.05) is 23.7 Å². The summed E-state index contributed by atoms with van der Waals surface area (Å²) in [5.74, 6) is 0.441. The molecule has 1 atom stereocenters. The van der Waals surface area contributed by atoms with Gasteiger partial charge < -0.3 is 5.32 Å². The molecule has 2 heterocycles. The molecule has 3 rings (SSSR count). The fraction of sp³-hybridized carbons (Fsp3) is 0.333. The largest absolute Gasteiger partial charge is 0.316 e. The van der Waals surface area contributed by atoms with Crippen molar-refractivity contribution in [2.24, 2.45) is 0 Å². The number of nitrogens with zero attached hydrogens (tertiary/aromatic N) is 2. The Balaban J connectivity index is 2.01. The number of rotatable bonds is 2. The Labute approximate surface area is 118 Å². The van der Waals surface area contributed by atoms with Gasteiger partial charge in [0.1, 0.15) is 0 Å². The molecular weight excluding hydrogens is 258 g/mol. The van der Waals surface area contributed by atoms with Crippen LogP contribution in [0.4, 0.5) is 0 Å². The zero-order valence-corrected chi connectivity index (χ0v) is 11.4. The van der Waals surface area contributed by atoms with Crippen LogP contribution in [0.15, 0.2) is 36.7 Å².